The molecule has 7 heteroatoms. The van der Waals surface area contributed by atoms with E-state index in [1.54, 1.807) is 55.5 Å². The van der Waals surface area contributed by atoms with Crippen LogP contribution in [0, 0.1) is 6.92 Å². The fourth-order valence-electron chi connectivity index (χ4n) is 4.60. The van der Waals surface area contributed by atoms with Gasteiger partial charge in [0, 0.05) is 23.6 Å². The Morgan fingerprint density at radius 3 is 2.57 bits per heavy atom. The average Bonchev–Trinajstić information content (AvgIpc) is 2.88. The van der Waals surface area contributed by atoms with E-state index in [9.17, 15) is 9.59 Å². The maximum atomic E-state index is 13.1. The summed E-state index contributed by atoms with van der Waals surface area (Å²) in [7, 11) is 3.11. The molecule has 2 heterocycles. The summed E-state index contributed by atoms with van der Waals surface area (Å²) in [6.07, 6.45) is 1.34. The molecule has 4 aromatic rings. The fraction of sp³-hybridized carbons (Fsp3) is 0.214. The number of rotatable bonds is 4. The standard InChI is InChI=1S/C28H25NO6/c1-17-21-12-10-20(34-28(31)29-14-6-8-18-7-4-5-9-23(18)29)16-25(21)35-27(30)26(17)22-15-19(32-2)11-13-24(22)33-3/h4-5,7,9-13,15-16H,6,8,14H2,1-3H3. The van der Waals surface area contributed by atoms with Crippen molar-refractivity contribution < 1.29 is 23.4 Å². The first kappa shape index (κ1) is 22.5. The molecule has 7 nitrogen and oxygen atoms in total. The van der Waals surface area contributed by atoms with Crippen LogP contribution < -0.4 is 24.7 Å². The minimum atomic E-state index is -0.519. The summed E-state index contributed by atoms with van der Waals surface area (Å²) in [5, 5.41) is 0.729. The third-order valence-corrected chi connectivity index (χ3v) is 6.35. The summed E-state index contributed by atoms with van der Waals surface area (Å²) < 4.78 is 22.1. The SMILES string of the molecule is COc1ccc(OC)c(-c2c(C)c3ccc(OC(=O)N4CCCc5ccccc54)cc3oc2=O)c1. The highest BCUT2D eigenvalue weighted by atomic mass is 16.6. The van der Waals surface area contributed by atoms with Gasteiger partial charge in [0.05, 0.1) is 25.5 Å². The first-order valence-corrected chi connectivity index (χ1v) is 11.4. The van der Waals surface area contributed by atoms with Crippen LogP contribution in [0.15, 0.2) is 69.9 Å². The number of benzene rings is 3. The van der Waals surface area contributed by atoms with Crippen molar-refractivity contribution in [2.45, 2.75) is 19.8 Å². The van der Waals surface area contributed by atoms with Crippen LogP contribution >= 0.6 is 0 Å². The van der Waals surface area contributed by atoms with Gasteiger partial charge in [-0.05, 0) is 67.3 Å². The van der Waals surface area contributed by atoms with Crippen molar-refractivity contribution in [2.75, 3.05) is 25.7 Å². The highest BCUT2D eigenvalue weighted by Gasteiger charge is 2.24. The number of methoxy groups -OCH3 is 2. The van der Waals surface area contributed by atoms with Crippen molar-refractivity contribution in [2.24, 2.45) is 0 Å². The van der Waals surface area contributed by atoms with Gasteiger partial charge in [0.25, 0.3) is 0 Å². The third-order valence-electron chi connectivity index (χ3n) is 6.35. The summed E-state index contributed by atoms with van der Waals surface area (Å²) in [5.74, 6) is 1.44. The van der Waals surface area contributed by atoms with Crippen LogP contribution in [0.1, 0.15) is 17.5 Å². The summed E-state index contributed by atoms with van der Waals surface area (Å²) in [6, 6.07) is 18.2. The number of para-hydroxylation sites is 1. The Hall–Kier alpha value is -4.26. The smallest absolute Gasteiger partial charge is 0.419 e. The lowest BCUT2D eigenvalue weighted by molar-refractivity contribution is 0.207. The molecular weight excluding hydrogens is 446 g/mol. The zero-order valence-electron chi connectivity index (χ0n) is 19.8. The number of nitrogens with zero attached hydrogens (tertiary/aromatic N) is 1. The Kier molecular flexibility index (Phi) is 5.91. The van der Waals surface area contributed by atoms with Gasteiger partial charge in [0.1, 0.15) is 22.8 Å². The summed E-state index contributed by atoms with van der Waals surface area (Å²) in [5.41, 5.74) is 3.50. The van der Waals surface area contributed by atoms with E-state index >= 15 is 0 Å². The number of carbonyl (C=O) groups is 1. The fourth-order valence-corrected chi connectivity index (χ4v) is 4.60. The minimum absolute atomic E-state index is 0.305. The predicted molar refractivity (Wildman–Crippen MR) is 134 cm³/mol. The van der Waals surface area contributed by atoms with Crippen LogP contribution in [0.4, 0.5) is 10.5 Å². The number of fused-ring (bicyclic) bond motifs is 2. The molecule has 0 fully saturated rings. The number of hydrogen-bond acceptors (Lipinski definition) is 6. The molecule has 3 aromatic carbocycles. The molecule has 178 valence electrons. The lowest BCUT2D eigenvalue weighted by Crippen LogP contribution is -2.37. The van der Waals surface area contributed by atoms with Crippen molar-refractivity contribution in [3.05, 3.63) is 82.2 Å². The monoisotopic (exact) mass is 471 g/mol. The van der Waals surface area contributed by atoms with E-state index in [4.69, 9.17) is 18.6 Å². The van der Waals surface area contributed by atoms with Crippen molar-refractivity contribution in [1.29, 1.82) is 0 Å². The molecule has 0 aliphatic carbocycles. The second-order valence-electron chi connectivity index (χ2n) is 8.37. The number of ether oxygens (including phenoxy) is 3. The predicted octanol–water partition coefficient (Wildman–Crippen LogP) is 5.74. The lowest BCUT2D eigenvalue weighted by atomic mass is 9.98. The largest absolute Gasteiger partial charge is 0.497 e. The molecule has 1 aromatic heterocycles. The zero-order chi connectivity index (χ0) is 24.5. The van der Waals surface area contributed by atoms with E-state index in [0.717, 1.165) is 35.0 Å². The molecule has 0 atom stereocenters. The Labute approximate surface area is 202 Å². The molecule has 0 radical (unpaired) electrons. The Balaban J connectivity index is 1.50. The molecule has 1 aliphatic heterocycles. The summed E-state index contributed by atoms with van der Waals surface area (Å²) in [4.78, 5) is 27.7. The molecule has 1 amide bonds. The number of anilines is 1. The molecule has 0 spiro atoms. The number of aryl methyl sites for hydroxylation is 2. The Morgan fingerprint density at radius 1 is 0.971 bits per heavy atom. The van der Waals surface area contributed by atoms with Crippen LogP contribution in [0.25, 0.3) is 22.1 Å². The van der Waals surface area contributed by atoms with Crippen LogP contribution in [-0.4, -0.2) is 26.9 Å². The van der Waals surface area contributed by atoms with Crippen molar-refractivity contribution in [3.8, 4) is 28.4 Å². The molecule has 0 bridgehead atoms. The Morgan fingerprint density at radius 2 is 1.77 bits per heavy atom. The van der Waals surface area contributed by atoms with Crippen LogP contribution in [-0.2, 0) is 6.42 Å². The van der Waals surface area contributed by atoms with E-state index in [1.165, 1.54) is 0 Å². The van der Waals surface area contributed by atoms with Gasteiger partial charge >= 0.3 is 11.7 Å². The van der Waals surface area contributed by atoms with Crippen molar-refractivity contribution in [3.63, 3.8) is 0 Å². The molecule has 0 saturated carbocycles. The van der Waals surface area contributed by atoms with E-state index in [2.05, 4.69) is 0 Å². The second kappa shape index (κ2) is 9.18. The van der Waals surface area contributed by atoms with Crippen LogP contribution in [0.3, 0.4) is 0 Å². The molecule has 5 rings (SSSR count). The van der Waals surface area contributed by atoms with E-state index in [0.29, 0.717) is 40.5 Å². The molecular formula is C28H25NO6. The van der Waals surface area contributed by atoms with Gasteiger partial charge in [0.2, 0.25) is 0 Å². The third kappa shape index (κ3) is 4.10. The summed E-state index contributed by atoms with van der Waals surface area (Å²) in [6.45, 7) is 2.44. The molecule has 1 aliphatic rings. The van der Waals surface area contributed by atoms with Gasteiger partial charge in [-0.2, -0.15) is 0 Å². The average molecular weight is 472 g/mol. The molecule has 35 heavy (non-hydrogen) atoms. The first-order valence-electron chi connectivity index (χ1n) is 11.4. The van der Waals surface area contributed by atoms with Gasteiger partial charge < -0.3 is 18.6 Å². The number of hydrogen-bond donors (Lipinski definition) is 0. The molecule has 0 N–H and O–H groups in total. The second-order valence-corrected chi connectivity index (χ2v) is 8.37. The van der Waals surface area contributed by atoms with Gasteiger partial charge in [-0.1, -0.05) is 18.2 Å². The normalized spacial score (nSPS) is 12.8. The lowest BCUT2D eigenvalue weighted by Gasteiger charge is -2.28. The highest BCUT2D eigenvalue weighted by Crippen LogP contribution is 2.36. The van der Waals surface area contributed by atoms with Gasteiger partial charge in [-0.15, -0.1) is 0 Å². The topological polar surface area (TPSA) is 78.2 Å². The van der Waals surface area contributed by atoms with Crippen LogP contribution in [0.2, 0.25) is 0 Å². The molecule has 0 saturated heterocycles. The summed E-state index contributed by atoms with van der Waals surface area (Å²) >= 11 is 0. The number of carbonyl (C=O) groups excluding carboxylic acids is 1. The van der Waals surface area contributed by atoms with E-state index < -0.39 is 11.7 Å². The quantitative estimate of drug-likeness (QED) is 0.353. The van der Waals surface area contributed by atoms with Gasteiger partial charge in [-0.25, -0.2) is 9.59 Å². The van der Waals surface area contributed by atoms with Gasteiger partial charge in [0.15, 0.2) is 0 Å². The van der Waals surface area contributed by atoms with Gasteiger partial charge in [-0.3, -0.25) is 4.90 Å². The maximum absolute atomic E-state index is 13.1. The zero-order valence-corrected chi connectivity index (χ0v) is 19.8. The molecule has 0 unspecified atom stereocenters. The number of amides is 1. The van der Waals surface area contributed by atoms with E-state index in [1.807, 2.05) is 31.2 Å². The first-order chi connectivity index (χ1) is 17.0. The van der Waals surface area contributed by atoms with Crippen molar-refractivity contribution in [1.82, 2.24) is 0 Å². The highest BCUT2D eigenvalue weighted by molar-refractivity contribution is 5.92. The minimum Gasteiger partial charge on any atom is -0.497 e. The van der Waals surface area contributed by atoms with Crippen LogP contribution in [0.5, 0.6) is 17.2 Å². The maximum Gasteiger partial charge on any atom is 0.419 e. The van der Waals surface area contributed by atoms with E-state index in [-0.39, 0.29) is 0 Å². The Bertz CT molecular complexity index is 1490. The van der Waals surface area contributed by atoms with Crippen molar-refractivity contribution >= 4 is 22.7 Å².